The second kappa shape index (κ2) is 4.02. The highest BCUT2D eigenvalue weighted by atomic mass is 16.1. The van der Waals surface area contributed by atoms with E-state index in [1.54, 1.807) is 10.9 Å². The minimum absolute atomic E-state index is 0.302. The molecule has 0 fully saturated rings. The standard InChI is InChI=1S/C14H12N6O/c1-8-10(7-15-19(8)2)12-17-13-9-5-3-4-6-11(9)16-14(21)20(13)18-12/h3-7H,1-2H3,(H,16,21). The number of nitrogens with zero attached hydrogens (tertiary/aromatic N) is 5. The lowest BCUT2D eigenvalue weighted by Gasteiger charge is -1.97. The van der Waals surface area contributed by atoms with Crippen LogP contribution in [0.25, 0.3) is 27.9 Å². The molecule has 4 rings (SSSR count). The van der Waals surface area contributed by atoms with E-state index < -0.39 is 0 Å². The summed E-state index contributed by atoms with van der Waals surface area (Å²) in [4.78, 5) is 19.4. The van der Waals surface area contributed by atoms with Gasteiger partial charge < -0.3 is 4.98 Å². The molecule has 0 unspecified atom stereocenters. The molecule has 7 heteroatoms. The molecule has 0 radical (unpaired) electrons. The molecule has 0 saturated heterocycles. The molecule has 0 aliphatic rings. The first-order valence-electron chi connectivity index (χ1n) is 6.52. The number of aromatic amines is 1. The molecule has 0 bridgehead atoms. The van der Waals surface area contributed by atoms with Gasteiger partial charge in [0.25, 0.3) is 0 Å². The zero-order valence-corrected chi connectivity index (χ0v) is 11.5. The summed E-state index contributed by atoms with van der Waals surface area (Å²) in [6.07, 6.45) is 1.71. The molecule has 3 heterocycles. The van der Waals surface area contributed by atoms with Crippen molar-refractivity contribution in [1.29, 1.82) is 0 Å². The molecule has 0 saturated carbocycles. The second-order valence-electron chi connectivity index (χ2n) is 4.91. The average Bonchev–Trinajstić information content (AvgIpc) is 3.05. The molecule has 104 valence electrons. The SMILES string of the molecule is Cc1c(-c2nc3c4ccccc4[nH]c(=O)n3n2)cnn1C. The van der Waals surface area contributed by atoms with Crippen LogP contribution in [0.2, 0.25) is 0 Å². The van der Waals surface area contributed by atoms with Gasteiger partial charge in [0, 0.05) is 18.1 Å². The van der Waals surface area contributed by atoms with Crippen molar-refractivity contribution in [1.82, 2.24) is 29.4 Å². The van der Waals surface area contributed by atoms with Crippen molar-refractivity contribution in [2.45, 2.75) is 6.92 Å². The molecule has 0 aliphatic heterocycles. The number of H-pyrrole nitrogens is 1. The highest BCUT2D eigenvalue weighted by Crippen LogP contribution is 2.21. The highest BCUT2D eigenvalue weighted by Gasteiger charge is 2.15. The molecule has 21 heavy (non-hydrogen) atoms. The minimum Gasteiger partial charge on any atom is -0.305 e. The second-order valence-corrected chi connectivity index (χ2v) is 4.91. The maximum absolute atomic E-state index is 12.1. The van der Waals surface area contributed by atoms with E-state index in [0.717, 1.165) is 22.2 Å². The Morgan fingerprint density at radius 1 is 1.24 bits per heavy atom. The molecule has 1 N–H and O–H groups in total. The fraction of sp³-hybridized carbons (Fsp3) is 0.143. The van der Waals surface area contributed by atoms with Crippen molar-refractivity contribution >= 4 is 16.6 Å². The number of aromatic nitrogens is 6. The van der Waals surface area contributed by atoms with Gasteiger partial charge in [-0.25, -0.2) is 9.78 Å². The van der Waals surface area contributed by atoms with Gasteiger partial charge in [-0.2, -0.15) is 9.61 Å². The summed E-state index contributed by atoms with van der Waals surface area (Å²) in [5.74, 6) is 0.502. The van der Waals surface area contributed by atoms with E-state index in [9.17, 15) is 4.79 Å². The highest BCUT2D eigenvalue weighted by molar-refractivity contribution is 5.91. The summed E-state index contributed by atoms with van der Waals surface area (Å²) >= 11 is 0. The summed E-state index contributed by atoms with van der Waals surface area (Å²) in [6.45, 7) is 1.94. The Morgan fingerprint density at radius 3 is 2.81 bits per heavy atom. The van der Waals surface area contributed by atoms with Crippen molar-refractivity contribution in [3.63, 3.8) is 0 Å². The Balaban J connectivity index is 2.10. The molecular formula is C14H12N6O. The lowest BCUT2D eigenvalue weighted by molar-refractivity contribution is 0.740. The Labute approximate surface area is 118 Å². The van der Waals surface area contributed by atoms with Crippen molar-refractivity contribution in [2.24, 2.45) is 7.05 Å². The van der Waals surface area contributed by atoms with Crippen molar-refractivity contribution < 1.29 is 0 Å². The first-order valence-corrected chi connectivity index (χ1v) is 6.52. The van der Waals surface area contributed by atoms with Gasteiger partial charge >= 0.3 is 5.69 Å². The zero-order chi connectivity index (χ0) is 14.6. The van der Waals surface area contributed by atoms with Crippen LogP contribution < -0.4 is 5.69 Å². The van der Waals surface area contributed by atoms with E-state index in [1.165, 1.54) is 4.52 Å². The van der Waals surface area contributed by atoms with Crippen molar-refractivity contribution in [2.75, 3.05) is 0 Å². The van der Waals surface area contributed by atoms with Gasteiger partial charge in [-0.05, 0) is 19.1 Å². The van der Waals surface area contributed by atoms with Gasteiger partial charge in [0.05, 0.1) is 17.3 Å². The zero-order valence-electron chi connectivity index (χ0n) is 11.5. The number of hydrogen-bond donors (Lipinski definition) is 1. The third kappa shape index (κ3) is 1.60. The van der Waals surface area contributed by atoms with Gasteiger partial charge in [0.15, 0.2) is 11.5 Å². The molecule has 1 aromatic carbocycles. The number of aryl methyl sites for hydroxylation is 1. The largest absolute Gasteiger partial charge is 0.348 e. The first kappa shape index (κ1) is 11.8. The number of para-hydroxylation sites is 1. The lowest BCUT2D eigenvalue weighted by atomic mass is 10.2. The minimum atomic E-state index is -0.302. The molecule has 0 amide bonds. The van der Waals surface area contributed by atoms with E-state index in [0.29, 0.717) is 11.5 Å². The molecule has 3 aromatic heterocycles. The molecule has 4 aromatic rings. The van der Waals surface area contributed by atoms with E-state index in [1.807, 2.05) is 38.2 Å². The molecule has 7 nitrogen and oxygen atoms in total. The summed E-state index contributed by atoms with van der Waals surface area (Å²) in [5.41, 5.74) is 2.77. The van der Waals surface area contributed by atoms with Crippen LogP contribution in [0.3, 0.4) is 0 Å². The van der Waals surface area contributed by atoms with Gasteiger partial charge in [-0.15, -0.1) is 5.10 Å². The molecular weight excluding hydrogens is 268 g/mol. The maximum Gasteiger partial charge on any atom is 0.348 e. The Kier molecular flexibility index (Phi) is 2.26. The first-order chi connectivity index (χ1) is 10.1. The predicted molar refractivity (Wildman–Crippen MR) is 78.1 cm³/mol. The maximum atomic E-state index is 12.1. The van der Waals surface area contributed by atoms with E-state index in [2.05, 4.69) is 20.2 Å². The van der Waals surface area contributed by atoms with Crippen LogP contribution in [-0.2, 0) is 7.05 Å². The molecule has 0 atom stereocenters. The number of rotatable bonds is 1. The molecule has 0 spiro atoms. The van der Waals surface area contributed by atoms with Crippen LogP contribution in [0, 0.1) is 6.92 Å². The van der Waals surface area contributed by atoms with Crippen LogP contribution in [0.5, 0.6) is 0 Å². The Morgan fingerprint density at radius 2 is 2.05 bits per heavy atom. The van der Waals surface area contributed by atoms with Gasteiger partial charge in [-0.1, -0.05) is 12.1 Å². The summed E-state index contributed by atoms with van der Waals surface area (Å²) in [5, 5.41) is 9.36. The van der Waals surface area contributed by atoms with Crippen LogP contribution in [0.15, 0.2) is 35.3 Å². The number of fused-ring (bicyclic) bond motifs is 3. The van der Waals surface area contributed by atoms with E-state index in [-0.39, 0.29) is 5.69 Å². The van der Waals surface area contributed by atoms with Crippen molar-refractivity contribution in [3.05, 3.63) is 46.6 Å². The Bertz CT molecular complexity index is 1040. The van der Waals surface area contributed by atoms with Gasteiger partial charge in [0.2, 0.25) is 0 Å². The van der Waals surface area contributed by atoms with Gasteiger partial charge in [-0.3, -0.25) is 4.68 Å². The van der Waals surface area contributed by atoms with E-state index in [4.69, 9.17) is 0 Å². The third-order valence-corrected chi connectivity index (χ3v) is 3.69. The lowest BCUT2D eigenvalue weighted by Crippen LogP contribution is -2.17. The van der Waals surface area contributed by atoms with Gasteiger partial charge in [0.1, 0.15) is 0 Å². The Hall–Kier alpha value is -2.96. The predicted octanol–water partition coefficient (Wildman–Crippen LogP) is 1.28. The quantitative estimate of drug-likeness (QED) is 0.569. The fourth-order valence-electron chi connectivity index (χ4n) is 2.42. The topological polar surface area (TPSA) is 80.9 Å². The fourth-order valence-corrected chi connectivity index (χ4v) is 2.42. The summed E-state index contributed by atoms with van der Waals surface area (Å²) < 4.78 is 3.05. The van der Waals surface area contributed by atoms with Crippen LogP contribution in [0.4, 0.5) is 0 Å². The normalized spacial score (nSPS) is 11.5. The average molecular weight is 280 g/mol. The monoisotopic (exact) mass is 280 g/mol. The van der Waals surface area contributed by atoms with E-state index >= 15 is 0 Å². The van der Waals surface area contributed by atoms with Crippen LogP contribution >= 0.6 is 0 Å². The number of nitrogens with one attached hydrogen (secondary N) is 1. The van der Waals surface area contributed by atoms with Crippen molar-refractivity contribution in [3.8, 4) is 11.4 Å². The smallest absolute Gasteiger partial charge is 0.305 e. The molecule has 0 aliphatic carbocycles. The summed E-state index contributed by atoms with van der Waals surface area (Å²) in [6, 6.07) is 7.54. The third-order valence-electron chi connectivity index (χ3n) is 3.69. The number of hydrogen-bond acceptors (Lipinski definition) is 4. The van der Waals surface area contributed by atoms with Crippen LogP contribution in [0.1, 0.15) is 5.69 Å². The summed E-state index contributed by atoms with van der Waals surface area (Å²) in [7, 11) is 1.86. The van der Waals surface area contributed by atoms with Crippen LogP contribution in [-0.4, -0.2) is 29.4 Å². The number of benzene rings is 1.